The molecule has 4 atom stereocenters. The van der Waals surface area contributed by atoms with Gasteiger partial charge in [-0.1, -0.05) is 163 Å². The van der Waals surface area contributed by atoms with Gasteiger partial charge >= 0.3 is 19.8 Å². The van der Waals surface area contributed by atoms with Crippen LogP contribution in [0.25, 0.3) is 0 Å². The zero-order chi connectivity index (χ0) is 37.3. The molecule has 50 heavy (non-hydrogen) atoms. The average Bonchev–Trinajstić information content (AvgIpc) is 3.08. The molecule has 0 rings (SSSR count). The Labute approximate surface area is 305 Å². The number of unbranched alkanes of at least 4 members (excludes halogenated alkanes) is 18. The van der Waals surface area contributed by atoms with Crippen molar-refractivity contribution >= 4 is 19.8 Å². The summed E-state index contributed by atoms with van der Waals surface area (Å²) in [6.45, 7) is 7.00. The largest absolute Gasteiger partial charge is 0.472 e. The van der Waals surface area contributed by atoms with E-state index in [1.807, 2.05) is 0 Å². The summed E-state index contributed by atoms with van der Waals surface area (Å²) >= 11 is 0. The van der Waals surface area contributed by atoms with Gasteiger partial charge in [-0.05, 0) is 24.7 Å². The number of phosphoric ester groups is 1. The number of rotatable bonds is 37. The summed E-state index contributed by atoms with van der Waals surface area (Å²) in [5.41, 5.74) is 0. The van der Waals surface area contributed by atoms with Gasteiger partial charge in [-0.15, -0.1) is 0 Å². The Morgan fingerprint density at radius 3 is 1.48 bits per heavy atom. The van der Waals surface area contributed by atoms with Gasteiger partial charge in [0.2, 0.25) is 0 Å². The number of esters is 2. The van der Waals surface area contributed by atoms with Crippen molar-refractivity contribution in [2.45, 2.75) is 200 Å². The van der Waals surface area contributed by atoms with Crippen LogP contribution in [0.3, 0.4) is 0 Å². The van der Waals surface area contributed by atoms with Gasteiger partial charge in [0.1, 0.15) is 12.7 Å². The Morgan fingerprint density at radius 2 is 1.02 bits per heavy atom. The van der Waals surface area contributed by atoms with Crippen molar-refractivity contribution in [3.63, 3.8) is 0 Å². The molecule has 0 aromatic rings. The second-order valence-electron chi connectivity index (χ2n) is 14.7. The number of hydrogen-bond donors (Lipinski definition) is 3. The van der Waals surface area contributed by atoms with Crippen LogP contribution in [0.1, 0.15) is 188 Å². The van der Waals surface area contributed by atoms with Crippen LogP contribution < -0.4 is 0 Å². The first-order valence-electron chi connectivity index (χ1n) is 20.2. The number of aliphatic hydroxyl groups excluding tert-OH is 2. The topological polar surface area (TPSA) is 149 Å². The van der Waals surface area contributed by atoms with Crippen LogP contribution in [-0.4, -0.2) is 65.7 Å². The highest BCUT2D eigenvalue weighted by atomic mass is 31.2. The first-order chi connectivity index (χ1) is 24.0. The predicted octanol–water partition coefficient (Wildman–Crippen LogP) is 9.99. The summed E-state index contributed by atoms with van der Waals surface area (Å²) in [7, 11) is -4.60. The van der Waals surface area contributed by atoms with Crippen molar-refractivity contribution in [1.29, 1.82) is 0 Å². The average molecular weight is 737 g/mol. The summed E-state index contributed by atoms with van der Waals surface area (Å²) in [5.74, 6) is 0.679. The molecule has 11 heteroatoms. The first-order valence-corrected chi connectivity index (χ1v) is 21.7. The van der Waals surface area contributed by atoms with E-state index in [4.69, 9.17) is 19.1 Å². The van der Waals surface area contributed by atoms with E-state index in [9.17, 15) is 24.2 Å². The Balaban J connectivity index is 4.28. The van der Waals surface area contributed by atoms with E-state index in [2.05, 4.69) is 32.2 Å². The van der Waals surface area contributed by atoms with Crippen molar-refractivity contribution in [3.05, 3.63) is 0 Å². The molecule has 298 valence electrons. The molecule has 0 radical (unpaired) electrons. The molecule has 0 saturated carbocycles. The fourth-order valence-corrected chi connectivity index (χ4v) is 6.47. The highest BCUT2D eigenvalue weighted by molar-refractivity contribution is 7.47. The molecule has 0 aliphatic carbocycles. The maximum atomic E-state index is 12.6. The van der Waals surface area contributed by atoms with Gasteiger partial charge in [-0.2, -0.15) is 0 Å². The Hall–Kier alpha value is -1.03. The van der Waals surface area contributed by atoms with Crippen LogP contribution in [0, 0.1) is 11.8 Å². The molecule has 0 heterocycles. The highest BCUT2D eigenvalue weighted by Gasteiger charge is 2.27. The standard InChI is InChI=1S/C39H77O10P/c1-5-35(4)27-23-19-16-17-20-24-28-38(42)46-32-37(33-48-50(44,45)47-31-36(41)30-40)49-39(43)29-25-21-15-13-11-9-7-6-8-10-12-14-18-22-26-34(2)3/h34-37,40-41H,5-33H2,1-4H3,(H,44,45)/t35?,36-,37+/m0/s1. The van der Waals surface area contributed by atoms with E-state index < -0.39 is 51.8 Å². The minimum absolute atomic E-state index is 0.190. The minimum atomic E-state index is -4.60. The number of hydrogen-bond acceptors (Lipinski definition) is 9. The lowest BCUT2D eigenvalue weighted by molar-refractivity contribution is -0.161. The van der Waals surface area contributed by atoms with Crippen LogP contribution in [-0.2, 0) is 32.7 Å². The zero-order valence-corrected chi connectivity index (χ0v) is 33.4. The van der Waals surface area contributed by atoms with E-state index in [1.165, 1.54) is 96.3 Å². The SMILES string of the molecule is CCC(C)CCCCCCCCC(=O)OC[C@H](COP(=O)(O)OC[C@@H](O)CO)OC(=O)CCCCCCCCCCCCCCCCC(C)C. The van der Waals surface area contributed by atoms with Crippen LogP contribution in [0.4, 0.5) is 0 Å². The van der Waals surface area contributed by atoms with Crippen LogP contribution >= 0.6 is 7.82 Å². The summed E-state index contributed by atoms with van der Waals surface area (Å²) in [6, 6.07) is 0. The fourth-order valence-electron chi connectivity index (χ4n) is 5.68. The smallest absolute Gasteiger partial charge is 0.462 e. The molecule has 2 unspecified atom stereocenters. The number of carbonyl (C=O) groups excluding carboxylic acids is 2. The maximum Gasteiger partial charge on any atom is 0.472 e. The third-order valence-corrected chi connectivity index (χ3v) is 10.2. The minimum Gasteiger partial charge on any atom is -0.462 e. The molecular formula is C39H77O10P. The van der Waals surface area contributed by atoms with Crippen LogP contribution in [0.5, 0.6) is 0 Å². The molecule has 0 spiro atoms. The van der Waals surface area contributed by atoms with Crippen molar-refractivity contribution in [2.24, 2.45) is 11.8 Å². The molecular weight excluding hydrogens is 659 g/mol. The quantitative estimate of drug-likeness (QED) is 0.0320. The van der Waals surface area contributed by atoms with Crippen molar-refractivity contribution < 1.29 is 47.8 Å². The first kappa shape index (κ1) is 49.0. The van der Waals surface area contributed by atoms with Crippen LogP contribution in [0.2, 0.25) is 0 Å². The van der Waals surface area contributed by atoms with E-state index in [1.54, 1.807) is 0 Å². The van der Waals surface area contributed by atoms with E-state index in [-0.39, 0.29) is 19.4 Å². The molecule has 3 N–H and O–H groups in total. The Kier molecular flexibility index (Phi) is 33.1. The van der Waals surface area contributed by atoms with Crippen LogP contribution in [0.15, 0.2) is 0 Å². The van der Waals surface area contributed by atoms with Gasteiger partial charge < -0.3 is 24.6 Å². The summed E-state index contributed by atoms with van der Waals surface area (Å²) in [5, 5.41) is 18.3. The number of ether oxygens (including phenoxy) is 2. The van der Waals surface area contributed by atoms with Gasteiger partial charge in [0.15, 0.2) is 6.10 Å². The van der Waals surface area contributed by atoms with Gasteiger partial charge in [-0.25, -0.2) is 4.57 Å². The molecule has 0 aliphatic rings. The molecule has 0 fully saturated rings. The Bertz CT molecular complexity index is 840. The van der Waals surface area contributed by atoms with E-state index in [0.29, 0.717) is 12.8 Å². The normalized spacial score (nSPS) is 14.7. The lowest BCUT2D eigenvalue weighted by Crippen LogP contribution is -2.29. The van der Waals surface area contributed by atoms with E-state index >= 15 is 0 Å². The van der Waals surface area contributed by atoms with Gasteiger partial charge in [0.05, 0.1) is 19.8 Å². The molecule has 0 saturated heterocycles. The number of aliphatic hydroxyl groups is 2. The van der Waals surface area contributed by atoms with Gasteiger partial charge in [-0.3, -0.25) is 18.6 Å². The second kappa shape index (κ2) is 33.8. The molecule has 0 amide bonds. The summed E-state index contributed by atoms with van der Waals surface area (Å²) in [4.78, 5) is 34.8. The molecule has 0 aromatic carbocycles. The lowest BCUT2D eigenvalue weighted by Gasteiger charge is -2.20. The summed E-state index contributed by atoms with van der Waals surface area (Å²) < 4.78 is 32.6. The third kappa shape index (κ3) is 34.1. The molecule has 0 bridgehead atoms. The van der Waals surface area contributed by atoms with Crippen molar-refractivity contribution in [3.8, 4) is 0 Å². The van der Waals surface area contributed by atoms with Crippen molar-refractivity contribution in [1.82, 2.24) is 0 Å². The second-order valence-corrected chi connectivity index (χ2v) is 16.2. The predicted molar refractivity (Wildman–Crippen MR) is 201 cm³/mol. The molecule has 0 aliphatic heterocycles. The molecule has 10 nitrogen and oxygen atoms in total. The molecule has 0 aromatic heterocycles. The monoisotopic (exact) mass is 737 g/mol. The highest BCUT2D eigenvalue weighted by Crippen LogP contribution is 2.43. The van der Waals surface area contributed by atoms with E-state index in [0.717, 1.165) is 50.4 Å². The maximum absolute atomic E-state index is 12.6. The third-order valence-electron chi connectivity index (χ3n) is 9.23. The fraction of sp³-hybridized carbons (Fsp3) is 0.949. The number of phosphoric acid groups is 1. The summed E-state index contributed by atoms with van der Waals surface area (Å²) in [6.07, 6.45) is 25.2. The Morgan fingerprint density at radius 1 is 0.600 bits per heavy atom. The van der Waals surface area contributed by atoms with Gasteiger partial charge in [0.25, 0.3) is 0 Å². The zero-order valence-electron chi connectivity index (χ0n) is 32.5. The van der Waals surface area contributed by atoms with Crippen molar-refractivity contribution in [2.75, 3.05) is 26.4 Å². The van der Waals surface area contributed by atoms with Gasteiger partial charge in [0, 0.05) is 12.8 Å². The number of carbonyl (C=O) groups is 2. The lowest BCUT2D eigenvalue weighted by atomic mass is 10.00.